The van der Waals surface area contributed by atoms with Crippen LogP contribution in [0.2, 0.25) is 0 Å². The highest BCUT2D eigenvalue weighted by Crippen LogP contribution is 2.24. The lowest BCUT2D eigenvalue weighted by atomic mass is 10.0. The van der Waals surface area contributed by atoms with Crippen molar-refractivity contribution in [2.24, 2.45) is 5.92 Å². The number of nitrogens with two attached hydrogens (primary N) is 1. The molecule has 0 aromatic heterocycles. The number of nitriles is 1. The van der Waals surface area contributed by atoms with E-state index in [0.717, 1.165) is 19.4 Å². The van der Waals surface area contributed by atoms with Gasteiger partial charge in [-0.1, -0.05) is 0 Å². The minimum absolute atomic E-state index is 0.0423. The predicted octanol–water partition coefficient (Wildman–Crippen LogP) is 1.19. The Hall–Kier alpha value is -1.62. The van der Waals surface area contributed by atoms with Crippen LogP contribution in [0.1, 0.15) is 18.4 Å². The Kier molecular flexibility index (Phi) is 4.83. The molecule has 1 aromatic carbocycles. The molecule has 1 aliphatic heterocycles. The van der Waals surface area contributed by atoms with Gasteiger partial charge in [-0.15, -0.1) is 0 Å². The molecule has 0 aliphatic carbocycles. The van der Waals surface area contributed by atoms with E-state index in [-0.39, 0.29) is 16.5 Å². The molecule has 0 saturated carbocycles. The smallest absolute Gasteiger partial charge is 0.244 e. The van der Waals surface area contributed by atoms with Crippen LogP contribution in [0.15, 0.2) is 23.1 Å². The summed E-state index contributed by atoms with van der Waals surface area (Å²) >= 11 is 0. The second kappa shape index (κ2) is 6.43. The Morgan fingerprint density at radius 2 is 2.29 bits per heavy atom. The topological polar surface area (TPSA) is 96.4 Å². The summed E-state index contributed by atoms with van der Waals surface area (Å²) in [6, 6.07) is 6.16. The molecule has 0 amide bonds. The average molecular weight is 309 g/mol. The Morgan fingerprint density at radius 3 is 2.86 bits per heavy atom. The Morgan fingerprint density at radius 1 is 1.52 bits per heavy atom. The van der Waals surface area contributed by atoms with Gasteiger partial charge in [-0.3, -0.25) is 0 Å². The number of anilines is 1. The predicted molar refractivity (Wildman–Crippen MR) is 78.9 cm³/mol. The minimum Gasteiger partial charge on any atom is -0.398 e. The van der Waals surface area contributed by atoms with E-state index in [4.69, 9.17) is 15.7 Å². The summed E-state index contributed by atoms with van der Waals surface area (Å²) in [5, 5.41) is 8.80. The zero-order valence-electron chi connectivity index (χ0n) is 11.9. The molecule has 2 N–H and O–H groups in total. The number of sulfonamides is 1. The quantitative estimate of drug-likeness (QED) is 0.843. The highest BCUT2D eigenvalue weighted by atomic mass is 32.2. The van der Waals surface area contributed by atoms with E-state index in [1.165, 1.54) is 22.5 Å². The van der Waals surface area contributed by atoms with E-state index < -0.39 is 10.0 Å². The molecule has 1 saturated heterocycles. The summed E-state index contributed by atoms with van der Waals surface area (Å²) in [4.78, 5) is 0.0423. The standard InChI is InChI=1S/C14H19N3O3S/c1-17(9-12-3-2-6-20-10-12)21(18,19)14-5-4-11(8-15)7-13(14)16/h4-5,7,12H,2-3,6,9-10,16H2,1H3. The van der Waals surface area contributed by atoms with Gasteiger partial charge in [-0.2, -0.15) is 5.26 Å². The van der Waals surface area contributed by atoms with Crippen LogP contribution in [0.25, 0.3) is 0 Å². The number of benzene rings is 1. The van der Waals surface area contributed by atoms with Crippen molar-refractivity contribution >= 4 is 15.7 Å². The lowest BCUT2D eigenvalue weighted by Gasteiger charge is -2.27. The van der Waals surface area contributed by atoms with Gasteiger partial charge in [0.15, 0.2) is 0 Å². The van der Waals surface area contributed by atoms with Gasteiger partial charge in [-0.05, 0) is 37.0 Å². The Bertz CT molecular complexity index is 646. The van der Waals surface area contributed by atoms with E-state index >= 15 is 0 Å². The molecule has 114 valence electrons. The first-order valence-electron chi connectivity index (χ1n) is 6.79. The molecule has 21 heavy (non-hydrogen) atoms. The highest BCUT2D eigenvalue weighted by Gasteiger charge is 2.26. The maximum Gasteiger partial charge on any atom is 0.244 e. The maximum atomic E-state index is 12.5. The molecular formula is C14H19N3O3S. The van der Waals surface area contributed by atoms with Crippen LogP contribution >= 0.6 is 0 Å². The van der Waals surface area contributed by atoms with Crippen molar-refractivity contribution < 1.29 is 13.2 Å². The molecule has 1 unspecified atom stereocenters. The average Bonchev–Trinajstić information content (AvgIpc) is 2.47. The number of ether oxygens (including phenoxy) is 1. The van der Waals surface area contributed by atoms with Gasteiger partial charge in [0, 0.05) is 20.2 Å². The van der Waals surface area contributed by atoms with Crippen LogP contribution in [0, 0.1) is 17.2 Å². The van der Waals surface area contributed by atoms with E-state index in [2.05, 4.69) is 0 Å². The second-order valence-electron chi connectivity index (χ2n) is 5.23. The summed E-state index contributed by atoms with van der Waals surface area (Å²) in [6.07, 6.45) is 1.92. The number of hydrogen-bond donors (Lipinski definition) is 1. The number of nitrogens with zero attached hydrogens (tertiary/aromatic N) is 2. The third-order valence-corrected chi connectivity index (χ3v) is 5.49. The van der Waals surface area contributed by atoms with Gasteiger partial charge >= 0.3 is 0 Å². The van der Waals surface area contributed by atoms with Gasteiger partial charge in [0.25, 0.3) is 0 Å². The van der Waals surface area contributed by atoms with Crippen molar-refractivity contribution in [2.45, 2.75) is 17.7 Å². The molecule has 1 aromatic rings. The first-order valence-corrected chi connectivity index (χ1v) is 8.23. The van der Waals surface area contributed by atoms with Gasteiger partial charge in [0.2, 0.25) is 10.0 Å². The molecule has 1 heterocycles. The zero-order valence-corrected chi connectivity index (χ0v) is 12.8. The highest BCUT2D eigenvalue weighted by molar-refractivity contribution is 7.89. The summed E-state index contributed by atoms with van der Waals surface area (Å²) in [5.41, 5.74) is 6.21. The lowest BCUT2D eigenvalue weighted by Crippen LogP contribution is -2.35. The third kappa shape index (κ3) is 3.53. The first-order chi connectivity index (χ1) is 9.95. The van der Waals surface area contributed by atoms with Crippen molar-refractivity contribution in [2.75, 3.05) is 32.5 Å². The summed E-state index contributed by atoms with van der Waals surface area (Å²) in [6.45, 7) is 1.74. The van der Waals surface area contributed by atoms with Crippen LogP contribution in [0.5, 0.6) is 0 Å². The van der Waals surface area contributed by atoms with Crippen LogP contribution in [-0.2, 0) is 14.8 Å². The normalized spacial score (nSPS) is 19.4. The van der Waals surface area contributed by atoms with Gasteiger partial charge in [-0.25, -0.2) is 12.7 Å². The van der Waals surface area contributed by atoms with Crippen molar-refractivity contribution in [3.63, 3.8) is 0 Å². The number of hydrogen-bond acceptors (Lipinski definition) is 5. The molecule has 1 fully saturated rings. The molecule has 7 heteroatoms. The molecule has 1 aliphatic rings. The fraction of sp³-hybridized carbons (Fsp3) is 0.500. The second-order valence-corrected chi connectivity index (χ2v) is 7.25. The Labute approximate surface area is 125 Å². The Balaban J connectivity index is 2.18. The fourth-order valence-electron chi connectivity index (χ4n) is 2.43. The maximum absolute atomic E-state index is 12.5. The van der Waals surface area contributed by atoms with Crippen LogP contribution in [-0.4, -0.2) is 39.5 Å². The van der Waals surface area contributed by atoms with E-state index in [1.807, 2.05) is 6.07 Å². The summed E-state index contributed by atoms with van der Waals surface area (Å²) in [7, 11) is -2.11. The van der Waals surface area contributed by atoms with E-state index in [0.29, 0.717) is 18.7 Å². The van der Waals surface area contributed by atoms with Gasteiger partial charge < -0.3 is 10.5 Å². The number of nitrogen functional groups attached to an aromatic ring is 1. The van der Waals surface area contributed by atoms with Crippen LogP contribution < -0.4 is 5.73 Å². The van der Waals surface area contributed by atoms with Crippen molar-refractivity contribution in [3.05, 3.63) is 23.8 Å². The summed E-state index contributed by atoms with van der Waals surface area (Å²) in [5.74, 6) is 0.207. The van der Waals surface area contributed by atoms with Crippen LogP contribution in [0.4, 0.5) is 5.69 Å². The van der Waals surface area contributed by atoms with Crippen molar-refractivity contribution in [1.29, 1.82) is 5.26 Å². The van der Waals surface area contributed by atoms with Gasteiger partial charge in [0.05, 0.1) is 23.9 Å². The van der Waals surface area contributed by atoms with Crippen molar-refractivity contribution in [3.8, 4) is 6.07 Å². The first kappa shape index (κ1) is 15.8. The summed E-state index contributed by atoms with van der Waals surface area (Å²) < 4.78 is 31.8. The third-order valence-electron chi connectivity index (χ3n) is 3.60. The zero-order chi connectivity index (χ0) is 15.5. The molecule has 6 nitrogen and oxygen atoms in total. The van der Waals surface area contributed by atoms with Crippen LogP contribution in [0.3, 0.4) is 0 Å². The lowest BCUT2D eigenvalue weighted by molar-refractivity contribution is 0.0495. The van der Waals surface area contributed by atoms with E-state index in [9.17, 15) is 8.42 Å². The molecule has 1 atom stereocenters. The molecule has 0 radical (unpaired) electrons. The van der Waals surface area contributed by atoms with Crippen molar-refractivity contribution in [1.82, 2.24) is 4.31 Å². The SMILES string of the molecule is CN(CC1CCCOC1)S(=O)(=O)c1ccc(C#N)cc1N. The molecule has 2 rings (SSSR count). The molecular weight excluding hydrogens is 290 g/mol. The fourth-order valence-corrected chi connectivity index (χ4v) is 3.77. The molecule has 0 bridgehead atoms. The van der Waals surface area contributed by atoms with Gasteiger partial charge in [0.1, 0.15) is 4.90 Å². The minimum atomic E-state index is -3.65. The number of rotatable bonds is 4. The largest absolute Gasteiger partial charge is 0.398 e. The van der Waals surface area contributed by atoms with E-state index in [1.54, 1.807) is 7.05 Å². The monoisotopic (exact) mass is 309 g/mol. The molecule has 0 spiro atoms.